The monoisotopic (exact) mass is 186 g/mol. The molecule has 1 aromatic heterocycles. The molecule has 1 rings (SSSR count). The lowest BCUT2D eigenvalue weighted by atomic mass is 10.1. The maximum atomic E-state index is 10.6. The van der Waals surface area contributed by atoms with Gasteiger partial charge in [-0.1, -0.05) is 23.2 Å². The quantitative estimate of drug-likeness (QED) is 0.618. The molecule has 13 heavy (non-hydrogen) atoms. The van der Waals surface area contributed by atoms with E-state index in [-0.39, 0.29) is 11.6 Å². The van der Waals surface area contributed by atoms with Crippen LogP contribution in [0.2, 0.25) is 0 Å². The zero-order chi connectivity index (χ0) is 10.0. The number of aromatic carboxylic acids is 1. The Kier molecular flexibility index (Phi) is 2.62. The van der Waals surface area contributed by atoms with Gasteiger partial charge >= 0.3 is 11.7 Å². The number of carbonyl (C=O) groups is 1. The van der Waals surface area contributed by atoms with Gasteiger partial charge in [0.05, 0.1) is 6.73 Å². The van der Waals surface area contributed by atoms with E-state index in [1.54, 1.807) is 13.8 Å². The molecule has 0 saturated carbocycles. The first kappa shape index (κ1) is 9.66. The number of carboxylic acid groups (broad SMARTS) is 1. The van der Waals surface area contributed by atoms with Gasteiger partial charge in [0.25, 0.3) is 0 Å². The van der Waals surface area contributed by atoms with Crippen molar-refractivity contribution in [1.29, 1.82) is 0 Å². The van der Waals surface area contributed by atoms with E-state index in [2.05, 4.69) is 9.79 Å². The highest BCUT2D eigenvalue weighted by molar-refractivity contribution is 5.86. The van der Waals surface area contributed by atoms with E-state index in [1.807, 2.05) is 0 Å². The lowest BCUT2D eigenvalue weighted by Gasteiger charge is -2.01. The lowest BCUT2D eigenvalue weighted by Crippen LogP contribution is -2.43. The number of rotatable bonds is 3. The zero-order valence-electron chi connectivity index (χ0n) is 7.35. The maximum absolute atomic E-state index is 10.6. The van der Waals surface area contributed by atoms with E-state index >= 15 is 0 Å². The van der Waals surface area contributed by atoms with Crippen LogP contribution >= 0.6 is 0 Å². The van der Waals surface area contributed by atoms with Crippen molar-refractivity contribution < 1.29 is 24.4 Å². The molecular weight excluding hydrogens is 176 g/mol. The maximum Gasteiger partial charge on any atom is 0.389 e. The zero-order valence-corrected chi connectivity index (χ0v) is 7.35. The highest BCUT2D eigenvalue weighted by Crippen LogP contribution is 2.13. The summed E-state index contributed by atoms with van der Waals surface area (Å²) in [6.07, 6.45) is 0. The van der Waals surface area contributed by atoms with E-state index in [0.717, 1.165) is 4.74 Å². The van der Waals surface area contributed by atoms with E-state index in [1.165, 1.54) is 0 Å². The van der Waals surface area contributed by atoms with Gasteiger partial charge in [-0.2, -0.15) is 0 Å². The Morgan fingerprint density at radius 3 is 2.77 bits per heavy atom. The predicted molar refractivity (Wildman–Crippen MR) is 37.7 cm³/mol. The fourth-order valence-corrected chi connectivity index (χ4v) is 1.10. The summed E-state index contributed by atoms with van der Waals surface area (Å²) in [6, 6.07) is 0. The Morgan fingerprint density at radius 2 is 2.38 bits per heavy atom. The van der Waals surface area contributed by atoms with Crippen LogP contribution < -0.4 is 9.85 Å². The molecule has 0 bridgehead atoms. The molecule has 1 N–H and O–H groups in total. The summed E-state index contributed by atoms with van der Waals surface area (Å²) in [5.74, 6) is -1.29. The van der Waals surface area contributed by atoms with E-state index in [0.29, 0.717) is 5.69 Å². The van der Waals surface area contributed by atoms with Crippen LogP contribution in [0.4, 0.5) is 0 Å². The first-order valence-corrected chi connectivity index (χ1v) is 3.79. The first-order chi connectivity index (χ1) is 6.07. The summed E-state index contributed by atoms with van der Waals surface area (Å²) < 4.78 is 5.48. The van der Waals surface area contributed by atoms with Gasteiger partial charge in [0.1, 0.15) is 0 Å². The Labute approximate surface area is 74.4 Å². The third kappa shape index (κ3) is 1.67. The third-order valence-electron chi connectivity index (χ3n) is 1.61. The number of hydrogen-bond donors (Lipinski definition) is 1. The van der Waals surface area contributed by atoms with Gasteiger partial charge in [-0.15, -0.1) is 0 Å². The minimum atomic E-state index is -1.18. The van der Waals surface area contributed by atoms with Crippen molar-refractivity contribution >= 4 is 5.97 Å². The molecule has 0 saturated heterocycles. The number of aromatic nitrogens is 2. The van der Waals surface area contributed by atoms with E-state index in [9.17, 15) is 9.90 Å². The normalized spacial score (nSPS) is 10.8. The number of carboxylic acids is 1. The highest BCUT2D eigenvalue weighted by Gasteiger charge is 2.30. The van der Waals surface area contributed by atoms with Crippen LogP contribution in [0.1, 0.15) is 35.9 Å². The molecule has 0 aliphatic heterocycles. The average molecular weight is 186 g/mol. The summed E-state index contributed by atoms with van der Waals surface area (Å²) in [5.41, 5.74) is 0.133. The Morgan fingerprint density at radius 1 is 1.77 bits per heavy atom. The molecule has 72 valence electrons. The van der Waals surface area contributed by atoms with Gasteiger partial charge < -0.3 is 10.2 Å². The molecule has 0 atom stereocenters. The van der Waals surface area contributed by atoms with Crippen molar-refractivity contribution in [2.45, 2.75) is 26.5 Å². The van der Waals surface area contributed by atoms with Crippen molar-refractivity contribution in [2.24, 2.45) is 0 Å². The predicted octanol–water partition coefficient (Wildman–Crippen LogP) is -0.899. The molecule has 6 heteroatoms. The largest absolute Gasteiger partial charge is 0.817 e. The number of hydrogen-bond acceptors (Lipinski definition) is 4. The van der Waals surface area contributed by atoms with Gasteiger partial charge in [0.2, 0.25) is 5.69 Å². The van der Waals surface area contributed by atoms with Crippen LogP contribution in [-0.4, -0.2) is 16.2 Å². The molecule has 0 spiro atoms. The van der Waals surface area contributed by atoms with Crippen LogP contribution in [0.15, 0.2) is 4.63 Å². The van der Waals surface area contributed by atoms with Crippen LogP contribution in [0, 0.1) is 0 Å². The van der Waals surface area contributed by atoms with Crippen molar-refractivity contribution in [2.75, 3.05) is 0 Å². The van der Waals surface area contributed by atoms with Gasteiger partial charge in [-0.25, -0.2) is 4.79 Å². The lowest BCUT2D eigenvalue weighted by molar-refractivity contribution is -0.948. The van der Waals surface area contributed by atoms with Crippen LogP contribution in [0.5, 0.6) is 0 Å². The molecule has 0 radical (unpaired) electrons. The van der Waals surface area contributed by atoms with Crippen molar-refractivity contribution in [3.8, 4) is 0 Å². The Balaban J connectivity index is 3.22. The van der Waals surface area contributed by atoms with Gasteiger partial charge in [0, 0.05) is 5.92 Å². The van der Waals surface area contributed by atoms with Crippen molar-refractivity contribution in [3.63, 3.8) is 0 Å². The van der Waals surface area contributed by atoms with Gasteiger partial charge in [0.15, 0.2) is 5.16 Å². The molecule has 1 aromatic rings. The molecule has 1 heterocycles. The summed E-state index contributed by atoms with van der Waals surface area (Å²) in [5, 5.41) is 22.5. The van der Waals surface area contributed by atoms with Crippen LogP contribution in [0.3, 0.4) is 0 Å². The SMILES string of the molecule is CC(C)c1c(C(=O)O)no[n+]1C[O-]. The highest BCUT2D eigenvalue weighted by atomic mass is 16.6. The molecule has 0 aliphatic rings. The molecule has 0 aromatic carbocycles. The smallest absolute Gasteiger partial charge is 0.389 e. The van der Waals surface area contributed by atoms with Gasteiger partial charge in [-0.3, -0.25) is 0 Å². The van der Waals surface area contributed by atoms with E-state index in [4.69, 9.17) is 5.11 Å². The first-order valence-electron chi connectivity index (χ1n) is 3.79. The van der Waals surface area contributed by atoms with Gasteiger partial charge in [-0.05, 0) is 0 Å². The third-order valence-corrected chi connectivity index (χ3v) is 1.61. The van der Waals surface area contributed by atoms with Crippen molar-refractivity contribution in [1.82, 2.24) is 5.16 Å². The minimum Gasteiger partial charge on any atom is -0.817 e. The standard InChI is InChI=1S/C7H10N2O4/c1-4(2)6-5(7(11)12)8-13-9(6)3-10/h4H,3H2,1-2H3,(H,11,12). The molecular formula is C7H10N2O4. The fraction of sp³-hybridized carbons (Fsp3) is 0.571. The summed E-state index contributed by atoms with van der Waals surface area (Å²) in [4.78, 5) is 10.6. The summed E-state index contributed by atoms with van der Waals surface area (Å²) in [7, 11) is 0. The minimum absolute atomic E-state index is 0.105. The molecule has 0 amide bonds. The number of nitrogens with zero attached hydrogens (tertiary/aromatic N) is 2. The second-order valence-corrected chi connectivity index (χ2v) is 2.87. The summed E-state index contributed by atoms with van der Waals surface area (Å²) >= 11 is 0. The molecule has 0 aliphatic carbocycles. The average Bonchev–Trinajstić information content (AvgIpc) is 2.46. The topological polar surface area (TPSA) is 90.3 Å². The Bertz CT molecular complexity index is 318. The molecule has 6 nitrogen and oxygen atoms in total. The second-order valence-electron chi connectivity index (χ2n) is 2.87. The molecule has 0 unspecified atom stereocenters. The molecule has 0 fully saturated rings. The summed E-state index contributed by atoms with van der Waals surface area (Å²) in [6.45, 7) is 2.88. The van der Waals surface area contributed by atoms with Crippen LogP contribution in [0.25, 0.3) is 0 Å². The van der Waals surface area contributed by atoms with E-state index < -0.39 is 12.7 Å². The van der Waals surface area contributed by atoms with Crippen LogP contribution in [-0.2, 0) is 6.73 Å². The fourth-order valence-electron chi connectivity index (χ4n) is 1.10. The Hall–Kier alpha value is -1.43. The second kappa shape index (κ2) is 3.53. The van der Waals surface area contributed by atoms with Crippen molar-refractivity contribution in [3.05, 3.63) is 11.4 Å².